The van der Waals surface area contributed by atoms with Gasteiger partial charge in [-0.15, -0.1) is 0 Å². The van der Waals surface area contributed by atoms with E-state index in [-0.39, 0.29) is 34.2 Å². The van der Waals surface area contributed by atoms with Gasteiger partial charge in [-0.05, 0) is 78.7 Å². The molecule has 24 nitrogen and oxygen atoms in total. The Labute approximate surface area is 423 Å². The summed E-state index contributed by atoms with van der Waals surface area (Å²) in [6.45, 7) is -0.202. The van der Waals surface area contributed by atoms with Crippen molar-refractivity contribution >= 4 is 35.1 Å². The van der Waals surface area contributed by atoms with Crippen molar-refractivity contribution in [1.82, 2.24) is 0 Å². The van der Waals surface area contributed by atoms with E-state index in [1.165, 1.54) is 91.9 Å². The van der Waals surface area contributed by atoms with Gasteiger partial charge in [-0.2, -0.15) is 0 Å². The van der Waals surface area contributed by atoms with Crippen molar-refractivity contribution in [3.8, 4) is 45.8 Å². The molecule has 0 spiro atoms. The SMILES string of the molecule is CC1OC(Oc2c(-c3ccc(O)cc3)oc3cc(O)cc(O)c3c2=O)C(OC2OC(COC(=O)C=Cc3ccc(O)cc3)C(O)C(O)C2O)C(OC2OC(COC(=O)C=Cc3ccc(O)cc3)C(O)C(O)C2O)C1O. The number of hydrogen-bond donors (Lipinski definition) is 12. The van der Waals surface area contributed by atoms with Gasteiger partial charge >= 0.3 is 11.9 Å². The number of carbonyl (C=O) groups is 2. The minimum Gasteiger partial charge on any atom is -0.508 e. The minimum absolute atomic E-state index is 0.0135. The van der Waals surface area contributed by atoms with Crippen LogP contribution in [0, 0.1) is 0 Å². The van der Waals surface area contributed by atoms with Gasteiger partial charge in [-0.25, -0.2) is 9.59 Å². The maximum absolute atomic E-state index is 14.5. The number of phenols is 5. The molecule has 3 saturated heterocycles. The second-order valence-electron chi connectivity index (χ2n) is 17.6. The monoisotopic (exact) mass is 1050 g/mol. The molecule has 400 valence electrons. The topological polar surface area (TPSA) is 381 Å². The van der Waals surface area contributed by atoms with Crippen molar-refractivity contribution in [1.29, 1.82) is 0 Å². The van der Waals surface area contributed by atoms with Crippen LogP contribution in [-0.2, 0) is 42.7 Å². The van der Waals surface area contributed by atoms with Crippen molar-refractivity contribution in [2.24, 2.45) is 0 Å². The summed E-state index contributed by atoms with van der Waals surface area (Å²) in [5, 5.41) is 128. The summed E-state index contributed by atoms with van der Waals surface area (Å²) >= 11 is 0. The lowest BCUT2D eigenvalue weighted by Crippen LogP contribution is -2.67. The summed E-state index contributed by atoms with van der Waals surface area (Å²) in [6, 6.07) is 18.5. The number of esters is 2. The van der Waals surface area contributed by atoms with E-state index in [2.05, 4.69) is 0 Å². The summed E-state index contributed by atoms with van der Waals surface area (Å²) in [6.07, 6.45) is -24.3. The first-order valence-electron chi connectivity index (χ1n) is 23.1. The van der Waals surface area contributed by atoms with Crippen molar-refractivity contribution in [3.05, 3.63) is 118 Å². The van der Waals surface area contributed by atoms with Crippen LogP contribution in [-0.4, -0.2) is 179 Å². The lowest BCUT2D eigenvalue weighted by Gasteiger charge is -2.48. The van der Waals surface area contributed by atoms with Gasteiger partial charge in [0.15, 0.2) is 24.4 Å². The molecule has 4 heterocycles. The zero-order valence-electron chi connectivity index (χ0n) is 39.2. The molecule has 0 saturated carbocycles. The van der Waals surface area contributed by atoms with Crippen LogP contribution in [0.5, 0.6) is 34.5 Å². The van der Waals surface area contributed by atoms with E-state index in [4.69, 9.17) is 42.3 Å². The summed E-state index contributed by atoms with van der Waals surface area (Å²) in [5.74, 6) is -4.48. The number of phenolic OH excluding ortho intramolecular Hbond substituents is 5. The molecule has 0 bridgehead atoms. The number of fused-ring (bicyclic) bond motifs is 1. The zero-order chi connectivity index (χ0) is 53.8. The Kier molecular flexibility index (Phi) is 16.7. The molecule has 24 heteroatoms. The number of aliphatic hydroxyl groups excluding tert-OH is 7. The quantitative estimate of drug-likeness (QED) is 0.0498. The average molecular weight is 1050 g/mol. The second kappa shape index (κ2) is 23.2. The fraction of sp³-hybridized carbons (Fsp3) is 0.353. The Morgan fingerprint density at radius 3 is 1.51 bits per heavy atom. The van der Waals surface area contributed by atoms with Gasteiger partial charge in [0.25, 0.3) is 0 Å². The van der Waals surface area contributed by atoms with Crippen LogP contribution >= 0.6 is 0 Å². The predicted molar refractivity (Wildman–Crippen MR) is 253 cm³/mol. The van der Waals surface area contributed by atoms with E-state index in [1.807, 2.05) is 0 Å². The molecule has 0 amide bonds. The smallest absolute Gasteiger partial charge is 0.330 e. The largest absolute Gasteiger partial charge is 0.508 e. The molecule has 4 aromatic carbocycles. The number of aromatic hydroxyl groups is 5. The standard InChI is InChI=1S/C51H52O24/c1-22-37(59)46(73-49-43(65)41(63)38(60)32(71-49)20-67-34(57)16-6-23-2-10-26(52)11-3-23)48(75-50-44(66)42(64)39(61)33(72-50)21-68-35(58)17-7-24-4-12-27(53)13-5-24)51(69-22)74-47-40(62)36-30(56)18-29(55)19-31(36)70-45(47)25-8-14-28(54)15-9-25/h2-19,22,32-33,37-39,41-44,46,48-56,59-61,63-66H,20-21H2,1H3. The third kappa shape index (κ3) is 12.3. The van der Waals surface area contributed by atoms with Crippen LogP contribution in [0.2, 0.25) is 0 Å². The Hall–Kier alpha value is -7.17. The zero-order valence-corrected chi connectivity index (χ0v) is 39.2. The summed E-state index contributed by atoms with van der Waals surface area (Å²) < 4.78 is 52.9. The third-order valence-electron chi connectivity index (χ3n) is 12.3. The molecular formula is C51H52O24. The number of rotatable bonds is 15. The van der Waals surface area contributed by atoms with Crippen LogP contribution in [0.1, 0.15) is 18.1 Å². The Morgan fingerprint density at radius 2 is 1.01 bits per heavy atom. The van der Waals surface area contributed by atoms with Crippen molar-refractivity contribution < 1.29 is 113 Å². The summed E-state index contributed by atoms with van der Waals surface area (Å²) in [5.41, 5.74) is -0.322. The van der Waals surface area contributed by atoms with Crippen LogP contribution in [0.4, 0.5) is 0 Å². The Morgan fingerprint density at radius 1 is 0.547 bits per heavy atom. The number of aliphatic hydroxyl groups is 7. The number of hydrogen-bond acceptors (Lipinski definition) is 24. The molecule has 0 radical (unpaired) electrons. The first-order chi connectivity index (χ1) is 35.8. The van der Waals surface area contributed by atoms with Crippen LogP contribution < -0.4 is 10.2 Å². The highest BCUT2D eigenvalue weighted by molar-refractivity contribution is 5.89. The molecule has 15 atom stereocenters. The number of benzene rings is 4. The van der Waals surface area contributed by atoms with E-state index in [9.17, 15) is 75.7 Å². The van der Waals surface area contributed by atoms with Gasteiger partial charge in [0, 0.05) is 29.8 Å². The molecule has 3 aliphatic heterocycles. The average Bonchev–Trinajstić information content (AvgIpc) is 3.38. The molecule has 3 aliphatic rings. The van der Waals surface area contributed by atoms with E-state index in [0.717, 1.165) is 24.3 Å². The molecule has 1 aromatic heterocycles. The predicted octanol–water partition coefficient (Wildman–Crippen LogP) is 0.371. The highest BCUT2D eigenvalue weighted by atomic mass is 16.8. The maximum Gasteiger partial charge on any atom is 0.330 e. The van der Waals surface area contributed by atoms with Gasteiger partial charge in [-0.1, -0.05) is 24.3 Å². The normalized spacial score (nSPS) is 30.1. The van der Waals surface area contributed by atoms with Crippen molar-refractivity contribution in [2.45, 2.75) is 99.0 Å². The van der Waals surface area contributed by atoms with Gasteiger partial charge < -0.3 is 104 Å². The lowest BCUT2D eigenvalue weighted by molar-refractivity contribution is -0.382. The van der Waals surface area contributed by atoms with Crippen molar-refractivity contribution in [3.63, 3.8) is 0 Å². The first kappa shape index (κ1) is 54.1. The third-order valence-corrected chi connectivity index (χ3v) is 12.3. The molecule has 8 rings (SSSR count). The summed E-state index contributed by atoms with van der Waals surface area (Å²) in [7, 11) is 0. The molecule has 3 fully saturated rings. The highest BCUT2D eigenvalue weighted by Gasteiger charge is 2.55. The van der Waals surface area contributed by atoms with Gasteiger partial charge in [-0.3, -0.25) is 4.79 Å². The fourth-order valence-electron chi connectivity index (χ4n) is 8.24. The molecular weight excluding hydrogens is 997 g/mol. The maximum atomic E-state index is 14.5. The first-order valence-corrected chi connectivity index (χ1v) is 23.1. The lowest BCUT2D eigenvalue weighted by atomic mass is 9.96. The van der Waals surface area contributed by atoms with E-state index in [1.54, 1.807) is 0 Å². The van der Waals surface area contributed by atoms with Crippen LogP contribution in [0.25, 0.3) is 34.4 Å². The minimum atomic E-state index is -2.17. The van der Waals surface area contributed by atoms with E-state index in [0.29, 0.717) is 11.1 Å². The van der Waals surface area contributed by atoms with Gasteiger partial charge in [0.1, 0.15) is 114 Å². The molecule has 12 N–H and O–H groups in total. The Bertz CT molecular complexity index is 2900. The number of carbonyl (C=O) groups excluding carboxylic acids is 2. The van der Waals surface area contributed by atoms with Crippen LogP contribution in [0.3, 0.4) is 0 Å². The van der Waals surface area contributed by atoms with Gasteiger partial charge in [0.05, 0.1) is 6.10 Å². The second-order valence-corrected chi connectivity index (χ2v) is 17.6. The number of ether oxygens (including phenoxy) is 8. The summed E-state index contributed by atoms with van der Waals surface area (Å²) in [4.78, 5) is 39.9. The molecule has 75 heavy (non-hydrogen) atoms. The molecule has 5 aromatic rings. The highest BCUT2D eigenvalue weighted by Crippen LogP contribution is 2.40. The molecule has 15 unspecified atom stereocenters. The molecule has 0 aliphatic carbocycles. The van der Waals surface area contributed by atoms with E-state index >= 15 is 0 Å². The Balaban J connectivity index is 1.11. The van der Waals surface area contributed by atoms with Crippen molar-refractivity contribution in [2.75, 3.05) is 13.2 Å². The fourth-order valence-corrected chi connectivity index (χ4v) is 8.24. The van der Waals surface area contributed by atoms with Gasteiger partial charge in [0.2, 0.25) is 17.5 Å². The van der Waals surface area contributed by atoms with Crippen LogP contribution in [0.15, 0.2) is 106 Å². The van der Waals surface area contributed by atoms with E-state index < -0.39 is 145 Å².